The van der Waals surface area contributed by atoms with Gasteiger partial charge in [0.25, 0.3) is 0 Å². The molecule has 5 aromatic carbocycles. The molecular formula is C75H101F2N3O8S. The highest BCUT2D eigenvalue weighted by Gasteiger charge is 2.24. The van der Waals surface area contributed by atoms with E-state index in [-0.39, 0.29) is 23.3 Å². The molecule has 11 nitrogen and oxygen atoms in total. The SMILES string of the molecule is CC(C)c1c(F)cc(N2CCOCC2)cc1F.CC(C)c1ccc(C2=CCC(C(=O)O)CC2)cc1.CC(C)c1ccc(C2=CCC(CS(C)(=O)=O)CC2)cc1.CC(C)c1ccc(C2=CCN(C(=O)CO)CC2)cc1.CC(C)c1ccc(N2CCOCC2)cc1. The van der Waals surface area contributed by atoms with Gasteiger partial charge in [-0.25, -0.2) is 17.2 Å². The number of carboxylic acid groups (broad SMARTS) is 1. The van der Waals surface area contributed by atoms with Crippen LogP contribution in [0.4, 0.5) is 20.2 Å². The standard InChI is InChI=1S/C17H24O2S.C16H21NO2.C16H20O2.C13H17F2NO.C13H19NO/c1-13(2)15-8-10-17(11-9-15)16-6-4-14(5-7-16)12-20(3,18)19;1-12(2)13-3-5-14(6-4-13)15-7-9-17(10-8-15)16(19)11-18;1-11(2)12-3-5-13(6-4-12)14-7-9-15(10-8-14)16(17)18;1-9(2)13-11(14)7-10(8-12(13)15)16-3-5-17-6-4-16;1-11(2)12-3-5-13(6-4-12)14-7-9-15-10-8-14/h6,8-11,13-14H,4-5,7,12H2,1-3H3;3-7,12,18H,8-11H2,1-2H3;3-7,11,15H,8-10H2,1-2H3,(H,17,18);7-9H,3-6H2,1-2H3;3-6,11H,7-10H2,1-2H3. The summed E-state index contributed by atoms with van der Waals surface area (Å²) in [6, 6.07) is 37.8. The van der Waals surface area contributed by atoms with E-state index in [4.69, 9.17) is 19.7 Å². The number of anilines is 2. The number of carbonyl (C=O) groups is 2. The average molecular weight is 1240 g/mol. The van der Waals surface area contributed by atoms with E-state index in [2.05, 4.69) is 176 Å². The van der Waals surface area contributed by atoms with E-state index in [1.165, 1.54) is 79.7 Å². The lowest BCUT2D eigenvalue weighted by atomic mass is 9.86. The van der Waals surface area contributed by atoms with Crippen molar-refractivity contribution in [2.45, 2.75) is 144 Å². The predicted octanol–water partition coefficient (Wildman–Crippen LogP) is 16.1. The third kappa shape index (κ3) is 22.8. The van der Waals surface area contributed by atoms with E-state index < -0.39 is 34.0 Å². The van der Waals surface area contributed by atoms with Gasteiger partial charge >= 0.3 is 5.97 Å². The second kappa shape index (κ2) is 35.2. The first-order chi connectivity index (χ1) is 42.4. The molecule has 5 aliphatic rings. The van der Waals surface area contributed by atoms with E-state index in [9.17, 15) is 26.8 Å². The largest absolute Gasteiger partial charge is 0.481 e. The highest BCUT2D eigenvalue weighted by atomic mass is 32.2. The number of amides is 1. The Bertz CT molecular complexity index is 3190. The minimum atomic E-state index is -2.85. The van der Waals surface area contributed by atoms with Gasteiger partial charge in [0.1, 0.15) is 28.1 Å². The maximum Gasteiger partial charge on any atom is 0.306 e. The first-order valence-electron chi connectivity index (χ1n) is 32.3. The molecule has 0 aromatic heterocycles. The molecule has 2 atom stereocenters. The number of benzene rings is 5. The molecule has 2 unspecified atom stereocenters. The molecule has 0 spiro atoms. The fourth-order valence-electron chi connectivity index (χ4n) is 11.6. The van der Waals surface area contributed by atoms with Crippen LogP contribution in [0.15, 0.2) is 127 Å². The van der Waals surface area contributed by atoms with Crippen molar-refractivity contribution in [1.29, 1.82) is 0 Å². The molecule has 89 heavy (non-hydrogen) atoms. The van der Waals surface area contributed by atoms with Crippen LogP contribution in [0.5, 0.6) is 0 Å². The maximum atomic E-state index is 13.8. The van der Waals surface area contributed by atoms with Gasteiger partial charge in [0.2, 0.25) is 5.91 Å². The topological polar surface area (TPSA) is 137 Å². The van der Waals surface area contributed by atoms with E-state index in [0.29, 0.717) is 86.8 Å². The van der Waals surface area contributed by atoms with Crippen molar-refractivity contribution in [2.24, 2.45) is 11.8 Å². The fourth-order valence-corrected chi connectivity index (χ4v) is 12.7. The van der Waals surface area contributed by atoms with Gasteiger partial charge < -0.3 is 34.4 Å². The molecule has 5 aromatic rings. The zero-order chi connectivity index (χ0) is 64.8. The van der Waals surface area contributed by atoms with Crippen molar-refractivity contribution in [2.75, 3.05) is 94.1 Å². The number of rotatable bonds is 14. The van der Waals surface area contributed by atoms with Gasteiger partial charge in [-0.3, -0.25) is 9.59 Å². The molecule has 2 N–H and O–H groups in total. The van der Waals surface area contributed by atoms with Crippen LogP contribution in [-0.4, -0.2) is 120 Å². The van der Waals surface area contributed by atoms with E-state index in [1.54, 1.807) is 18.7 Å². The van der Waals surface area contributed by atoms with E-state index in [1.807, 2.05) is 4.90 Å². The Hall–Kier alpha value is -6.45. The number of nitrogens with zero attached hydrogens (tertiary/aromatic N) is 3. The van der Waals surface area contributed by atoms with E-state index in [0.717, 1.165) is 64.8 Å². The summed E-state index contributed by atoms with van der Waals surface area (Å²) >= 11 is 0. The first-order valence-corrected chi connectivity index (χ1v) is 34.4. The Morgan fingerprint density at radius 1 is 0.528 bits per heavy atom. The number of allylic oxidation sites excluding steroid dienone is 4. The van der Waals surface area contributed by atoms with Crippen LogP contribution in [-0.2, 0) is 28.9 Å². The van der Waals surface area contributed by atoms with Crippen LogP contribution in [0.1, 0.15) is 188 Å². The van der Waals surface area contributed by atoms with Crippen molar-refractivity contribution in [3.8, 4) is 0 Å². The zero-order valence-electron chi connectivity index (χ0n) is 55.0. The number of aliphatic hydroxyl groups excluding tert-OH is 1. The highest BCUT2D eigenvalue weighted by Crippen LogP contribution is 2.34. The van der Waals surface area contributed by atoms with Crippen LogP contribution in [0.3, 0.4) is 0 Å². The molecule has 0 radical (unpaired) electrons. The monoisotopic (exact) mass is 1240 g/mol. The number of aliphatic carboxylic acids is 1. The summed E-state index contributed by atoms with van der Waals surface area (Å²) in [5, 5.41) is 17.8. The Kier molecular flexibility index (Phi) is 28.4. The van der Waals surface area contributed by atoms with Crippen LogP contribution >= 0.6 is 0 Å². The summed E-state index contributed by atoms with van der Waals surface area (Å²) in [5.74, 6) is 0.786. The number of carbonyl (C=O) groups excluding carboxylic acids is 1. The van der Waals surface area contributed by atoms with Gasteiger partial charge in [-0.1, -0.05) is 172 Å². The number of sulfone groups is 1. The molecule has 3 aliphatic heterocycles. The van der Waals surface area contributed by atoms with Crippen molar-refractivity contribution < 1.29 is 46.5 Å². The molecule has 2 fully saturated rings. The predicted molar refractivity (Wildman–Crippen MR) is 363 cm³/mol. The lowest BCUT2D eigenvalue weighted by molar-refractivity contribution is -0.142. The van der Waals surface area contributed by atoms with Gasteiger partial charge in [0.15, 0.2) is 0 Å². The minimum absolute atomic E-state index is 0.145. The lowest BCUT2D eigenvalue weighted by Crippen LogP contribution is -2.36. The Labute approximate surface area is 531 Å². The van der Waals surface area contributed by atoms with Crippen LogP contribution < -0.4 is 9.80 Å². The molecule has 14 heteroatoms. The molecule has 2 aliphatic carbocycles. The van der Waals surface area contributed by atoms with Crippen LogP contribution in [0.25, 0.3) is 16.7 Å². The van der Waals surface area contributed by atoms with Crippen molar-refractivity contribution >= 4 is 49.8 Å². The number of ether oxygens (including phenoxy) is 2. The summed E-state index contributed by atoms with van der Waals surface area (Å²) < 4.78 is 60.9. The van der Waals surface area contributed by atoms with Crippen molar-refractivity contribution in [3.05, 3.63) is 184 Å². The van der Waals surface area contributed by atoms with Gasteiger partial charge in [-0.05, 0) is 160 Å². The summed E-state index contributed by atoms with van der Waals surface area (Å²) in [7, 11) is -2.85. The molecule has 2 saturated heterocycles. The Balaban J connectivity index is 0.000000178. The third-order valence-corrected chi connectivity index (χ3v) is 18.4. The Morgan fingerprint density at radius 2 is 0.921 bits per heavy atom. The number of morpholine rings is 2. The van der Waals surface area contributed by atoms with Crippen molar-refractivity contribution in [3.63, 3.8) is 0 Å². The second-order valence-corrected chi connectivity index (χ2v) is 27.9. The molecule has 3 heterocycles. The molecule has 10 rings (SSSR count). The number of hydrogen-bond donors (Lipinski definition) is 2. The van der Waals surface area contributed by atoms with Gasteiger partial charge in [-0.2, -0.15) is 0 Å². The number of halogens is 2. The van der Waals surface area contributed by atoms with Crippen molar-refractivity contribution in [1.82, 2.24) is 4.90 Å². The van der Waals surface area contributed by atoms with Crippen LogP contribution in [0.2, 0.25) is 0 Å². The van der Waals surface area contributed by atoms with Gasteiger partial charge in [0.05, 0.1) is 38.1 Å². The number of hydrogen-bond acceptors (Lipinski definition) is 9. The maximum absolute atomic E-state index is 13.8. The normalized spacial score (nSPS) is 17.9. The molecular weight excluding hydrogens is 1140 g/mol. The molecule has 1 amide bonds. The van der Waals surface area contributed by atoms with Gasteiger partial charge in [-0.15, -0.1) is 0 Å². The number of carboxylic acids is 1. The quantitative estimate of drug-likeness (QED) is 0.111. The third-order valence-electron chi connectivity index (χ3n) is 17.3. The van der Waals surface area contributed by atoms with Crippen LogP contribution in [0, 0.1) is 23.5 Å². The minimum Gasteiger partial charge on any atom is -0.481 e. The summed E-state index contributed by atoms with van der Waals surface area (Å²) in [6.07, 6.45) is 13.7. The van der Waals surface area contributed by atoms with Gasteiger partial charge in [0, 0.05) is 62.5 Å². The fraction of sp³-hybridized carbons (Fsp3) is 0.493. The molecule has 0 saturated carbocycles. The molecule has 0 bridgehead atoms. The molecule has 484 valence electrons. The highest BCUT2D eigenvalue weighted by molar-refractivity contribution is 7.90. The average Bonchev–Trinajstić information content (AvgIpc) is 3.44. The second-order valence-electron chi connectivity index (χ2n) is 25.7. The summed E-state index contributed by atoms with van der Waals surface area (Å²) in [6.45, 7) is 28.4. The number of aliphatic hydroxyl groups is 1. The Morgan fingerprint density at radius 3 is 1.25 bits per heavy atom. The summed E-state index contributed by atoms with van der Waals surface area (Å²) in [5.41, 5.74) is 15.3. The zero-order valence-corrected chi connectivity index (χ0v) is 55.8. The first kappa shape index (κ1) is 71.6. The lowest BCUT2D eigenvalue weighted by Gasteiger charge is -2.29. The van der Waals surface area contributed by atoms with E-state index >= 15 is 0 Å². The summed E-state index contributed by atoms with van der Waals surface area (Å²) in [4.78, 5) is 28.3. The smallest absolute Gasteiger partial charge is 0.306 e.